The monoisotopic (exact) mass is 445 g/mol. The van der Waals surface area contributed by atoms with Gasteiger partial charge in [0, 0.05) is 31.6 Å². The molecule has 0 spiro atoms. The third-order valence-corrected chi connectivity index (χ3v) is 10.4. The summed E-state index contributed by atoms with van der Waals surface area (Å²) in [6.07, 6.45) is 2.41. The fourth-order valence-corrected chi connectivity index (χ4v) is 4.15. The van der Waals surface area contributed by atoms with Gasteiger partial charge < -0.3 is 14.1 Å². The van der Waals surface area contributed by atoms with Crippen molar-refractivity contribution in [1.82, 2.24) is 4.98 Å². The molecule has 1 aromatic carbocycles. The SMILES string of the molecule is CC(C)(C)[Si](C)(C)Oc1ccc(NC(=O)OC2CCN(c3ccc(F)cc3)CC2)nc1. The fourth-order valence-electron chi connectivity index (χ4n) is 3.13. The highest BCUT2D eigenvalue weighted by molar-refractivity contribution is 6.74. The Morgan fingerprint density at radius 1 is 1.13 bits per heavy atom. The first-order valence-corrected chi connectivity index (χ1v) is 13.6. The summed E-state index contributed by atoms with van der Waals surface area (Å²) in [4.78, 5) is 18.7. The van der Waals surface area contributed by atoms with Crippen molar-refractivity contribution >= 4 is 25.9 Å². The third kappa shape index (κ3) is 6.19. The normalized spacial score (nSPS) is 15.5. The molecule has 1 saturated heterocycles. The van der Waals surface area contributed by atoms with E-state index in [1.165, 1.54) is 12.1 Å². The number of carbonyl (C=O) groups is 1. The topological polar surface area (TPSA) is 63.7 Å². The number of hydrogen-bond donors (Lipinski definition) is 1. The van der Waals surface area contributed by atoms with Gasteiger partial charge in [0.15, 0.2) is 0 Å². The van der Waals surface area contributed by atoms with E-state index in [1.807, 2.05) is 6.07 Å². The van der Waals surface area contributed by atoms with Crippen LogP contribution in [0.15, 0.2) is 42.6 Å². The Hall–Kier alpha value is -2.61. The average molecular weight is 446 g/mol. The van der Waals surface area contributed by atoms with Crippen LogP contribution in [0, 0.1) is 5.82 Å². The molecule has 1 fully saturated rings. The molecular formula is C23H32FN3O3Si. The van der Waals surface area contributed by atoms with Crippen LogP contribution in [0.5, 0.6) is 5.75 Å². The molecule has 8 heteroatoms. The van der Waals surface area contributed by atoms with Crippen LogP contribution >= 0.6 is 0 Å². The Labute approximate surface area is 184 Å². The van der Waals surface area contributed by atoms with Crippen molar-refractivity contribution in [2.24, 2.45) is 0 Å². The number of rotatable bonds is 5. The predicted molar refractivity (Wildman–Crippen MR) is 124 cm³/mol. The lowest BCUT2D eigenvalue weighted by molar-refractivity contribution is 0.0950. The van der Waals surface area contributed by atoms with Crippen LogP contribution < -0.4 is 14.6 Å². The number of piperidine rings is 1. The lowest BCUT2D eigenvalue weighted by atomic mass is 10.1. The number of nitrogens with zero attached hydrogens (tertiary/aromatic N) is 2. The van der Waals surface area contributed by atoms with E-state index < -0.39 is 14.4 Å². The summed E-state index contributed by atoms with van der Waals surface area (Å²) in [7, 11) is -1.93. The highest BCUT2D eigenvalue weighted by Crippen LogP contribution is 2.37. The second-order valence-corrected chi connectivity index (χ2v) is 14.2. The Morgan fingerprint density at radius 3 is 2.32 bits per heavy atom. The van der Waals surface area contributed by atoms with Gasteiger partial charge in [-0.1, -0.05) is 20.8 Å². The van der Waals surface area contributed by atoms with E-state index in [1.54, 1.807) is 24.4 Å². The van der Waals surface area contributed by atoms with Crippen LogP contribution in [0.4, 0.5) is 20.7 Å². The fraction of sp³-hybridized carbons (Fsp3) is 0.478. The number of anilines is 2. The quantitative estimate of drug-likeness (QED) is 0.587. The number of pyridine rings is 1. The summed E-state index contributed by atoms with van der Waals surface area (Å²) in [5.74, 6) is 0.891. The molecule has 1 aliphatic rings. The van der Waals surface area contributed by atoms with Crippen molar-refractivity contribution in [2.75, 3.05) is 23.3 Å². The molecule has 0 saturated carbocycles. The number of aromatic nitrogens is 1. The molecule has 31 heavy (non-hydrogen) atoms. The number of benzene rings is 1. The standard InChI is InChI=1S/C23H32FN3O3Si/c1-23(2,3)31(4,5)30-20-10-11-21(25-16-20)26-22(28)29-19-12-14-27(15-13-19)18-8-6-17(24)7-9-18/h6-11,16,19H,12-15H2,1-5H3,(H,25,26,28). The van der Waals surface area contributed by atoms with E-state index in [4.69, 9.17) is 9.16 Å². The number of nitrogens with one attached hydrogen (secondary N) is 1. The minimum absolute atomic E-state index is 0.0972. The van der Waals surface area contributed by atoms with Crippen LogP contribution in [-0.2, 0) is 4.74 Å². The van der Waals surface area contributed by atoms with E-state index in [0.717, 1.165) is 31.6 Å². The Bertz CT molecular complexity index is 874. The highest BCUT2D eigenvalue weighted by Gasteiger charge is 2.39. The van der Waals surface area contributed by atoms with Gasteiger partial charge in [0.2, 0.25) is 0 Å². The molecule has 0 radical (unpaired) electrons. The summed E-state index contributed by atoms with van der Waals surface area (Å²) in [6, 6.07) is 10.0. The molecule has 0 atom stereocenters. The van der Waals surface area contributed by atoms with Crippen LogP contribution in [0.2, 0.25) is 18.1 Å². The first kappa shape index (κ1) is 23.1. The molecule has 0 bridgehead atoms. The van der Waals surface area contributed by atoms with Gasteiger partial charge in [0.1, 0.15) is 23.5 Å². The highest BCUT2D eigenvalue weighted by atomic mass is 28.4. The average Bonchev–Trinajstić information content (AvgIpc) is 2.70. The Balaban J connectivity index is 1.46. The van der Waals surface area contributed by atoms with Crippen molar-refractivity contribution in [1.29, 1.82) is 0 Å². The summed E-state index contributed by atoms with van der Waals surface area (Å²) < 4.78 is 24.8. The number of ether oxygens (including phenoxy) is 1. The van der Waals surface area contributed by atoms with Gasteiger partial charge in [-0.05, 0) is 54.5 Å². The summed E-state index contributed by atoms with van der Waals surface area (Å²) in [5.41, 5.74) is 0.980. The van der Waals surface area contributed by atoms with Gasteiger partial charge in [0.25, 0.3) is 8.32 Å². The van der Waals surface area contributed by atoms with E-state index in [0.29, 0.717) is 11.6 Å². The van der Waals surface area contributed by atoms with Crippen molar-refractivity contribution < 1.29 is 18.3 Å². The van der Waals surface area contributed by atoms with E-state index in [-0.39, 0.29) is 17.0 Å². The van der Waals surface area contributed by atoms with Crippen LogP contribution in [0.1, 0.15) is 33.6 Å². The lowest BCUT2D eigenvalue weighted by Gasteiger charge is -2.36. The van der Waals surface area contributed by atoms with E-state index in [9.17, 15) is 9.18 Å². The molecule has 1 aliphatic heterocycles. The number of carbonyl (C=O) groups excluding carboxylic acids is 1. The Kier molecular flexibility index (Phi) is 6.89. The zero-order valence-electron chi connectivity index (χ0n) is 18.9. The molecule has 0 unspecified atom stereocenters. The van der Waals surface area contributed by atoms with Crippen molar-refractivity contribution in [3.8, 4) is 5.75 Å². The number of amides is 1. The lowest BCUT2D eigenvalue weighted by Crippen LogP contribution is -2.43. The summed E-state index contributed by atoms with van der Waals surface area (Å²) >= 11 is 0. The molecule has 2 aromatic rings. The molecule has 6 nitrogen and oxygen atoms in total. The second kappa shape index (κ2) is 9.26. The zero-order valence-corrected chi connectivity index (χ0v) is 19.9. The first-order chi connectivity index (χ1) is 14.5. The molecule has 1 amide bonds. The maximum atomic E-state index is 13.1. The third-order valence-electron chi connectivity index (χ3n) is 6.05. The minimum atomic E-state index is -1.93. The van der Waals surface area contributed by atoms with Gasteiger partial charge in [-0.3, -0.25) is 5.32 Å². The molecule has 3 rings (SSSR count). The van der Waals surface area contributed by atoms with Crippen LogP contribution in [0.3, 0.4) is 0 Å². The van der Waals surface area contributed by atoms with Crippen LogP contribution in [-0.4, -0.2) is 38.6 Å². The van der Waals surface area contributed by atoms with E-state index in [2.05, 4.69) is 49.1 Å². The predicted octanol–water partition coefficient (Wildman–Crippen LogP) is 5.82. The van der Waals surface area contributed by atoms with Crippen molar-refractivity contribution in [3.05, 3.63) is 48.4 Å². The molecule has 168 valence electrons. The molecule has 1 N–H and O–H groups in total. The minimum Gasteiger partial charge on any atom is -0.542 e. The largest absolute Gasteiger partial charge is 0.542 e. The number of hydrogen-bond acceptors (Lipinski definition) is 5. The van der Waals surface area contributed by atoms with Gasteiger partial charge in [-0.25, -0.2) is 14.2 Å². The van der Waals surface area contributed by atoms with Gasteiger partial charge in [-0.2, -0.15) is 0 Å². The molecule has 2 heterocycles. The molecule has 0 aliphatic carbocycles. The van der Waals surface area contributed by atoms with Gasteiger partial charge in [0.05, 0.1) is 6.20 Å². The van der Waals surface area contributed by atoms with E-state index >= 15 is 0 Å². The first-order valence-electron chi connectivity index (χ1n) is 10.7. The van der Waals surface area contributed by atoms with Crippen molar-refractivity contribution in [2.45, 2.75) is 57.8 Å². The maximum absolute atomic E-state index is 13.1. The zero-order chi connectivity index (χ0) is 22.6. The van der Waals surface area contributed by atoms with Crippen LogP contribution in [0.25, 0.3) is 0 Å². The maximum Gasteiger partial charge on any atom is 0.413 e. The molecule has 1 aromatic heterocycles. The van der Waals surface area contributed by atoms with Gasteiger partial charge in [-0.15, -0.1) is 0 Å². The molecular weight excluding hydrogens is 413 g/mol. The summed E-state index contributed by atoms with van der Waals surface area (Å²) in [6.45, 7) is 12.4. The summed E-state index contributed by atoms with van der Waals surface area (Å²) in [5, 5.41) is 2.78. The Morgan fingerprint density at radius 2 is 1.77 bits per heavy atom. The number of halogens is 1. The van der Waals surface area contributed by atoms with Gasteiger partial charge >= 0.3 is 6.09 Å². The van der Waals surface area contributed by atoms with Crippen molar-refractivity contribution in [3.63, 3.8) is 0 Å². The second-order valence-electron chi connectivity index (χ2n) is 9.43. The smallest absolute Gasteiger partial charge is 0.413 e.